The van der Waals surface area contributed by atoms with Gasteiger partial charge in [0.05, 0.1) is 11.1 Å². The lowest BCUT2D eigenvalue weighted by molar-refractivity contribution is -0.139. The van der Waals surface area contributed by atoms with E-state index in [2.05, 4.69) is 47.0 Å². The number of aromatic nitrogens is 2. The van der Waals surface area contributed by atoms with Crippen molar-refractivity contribution in [3.63, 3.8) is 0 Å². The second-order valence-corrected chi connectivity index (χ2v) is 9.80. The van der Waals surface area contributed by atoms with Crippen molar-refractivity contribution in [2.24, 2.45) is 5.92 Å². The molecule has 1 saturated carbocycles. The summed E-state index contributed by atoms with van der Waals surface area (Å²) in [5.74, 6) is 2.60. The van der Waals surface area contributed by atoms with Crippen LogP contribution in [-0.2, 0) is 6.18 Å². The van der Waals surface area contributed by atoms with Gasteiger partial charge in [-0.25, -0.2) is 4.98 Å². The van der Waals surface area contributed by atoms with Crippen LogP contribution >= 0.6 is 11.9 Å². The van der Waals surface area contributed by atoms with Gasteiger partial charge < -0.3 is 10.2 Å². The zero-order valence-electron chi connectivity index (χ0n) is 21.2. The molecule has 0 saturated heterocycles. The second kappa shape index (κ2) is 13.7. The van der Waals surface area contributed by atoms with E-state index in [1.807, 2.05) is 6.07 Å². The predicted octanol–water partition coefficient (Wildman–Crippen LogP) is 7.40. The molecule has 0 spiro atoms. The third-order valence-corrected chi connectivity index (χ3v) is 7.10. The van der Waals surface area contributed by atoms with E-state index in [0.717, 1.165) is 66.2 Å². The average molecular weight is 520 g/mol. The van der Waals surface area contributed by atoms with Crippen LogP contribution < -0.4 is 14.9 Å². The molecule has 0 radical (unpaired) electrons. The number of halogens is 3. The molecule has 1 aliphatic carbocycles. The molecule has 0 amide bonds. The highest BCUT2D eigenvalue weighted by Crippen LogP contribution is 2.35. The van der Waals surface area contributed by atoms with Gasteiger partial charge in [0.15, 0.2) is 0 Å². The summed E-state index contributed by atoms with van der Waals surface area (Å²) >= 11 is 0.959. The van der Waals surface area contributed by atoms with Gasteiger partial charge >= 0.3 is 6.18 Å². The number of anilines is 2. The van der Waals surface area contributed by atoms with E-state index in [1.54, 1.807) is 13.1 Å². The number of benzene rings is 2. The molecule has 0 unspecified atom stereocenters. The van der Waals surface area contributed by atoms with Crippen molar-refractivity contribution in [2.45, 2.75) is 57.0 Å². The van der Waals surface area contributed by atoms with Gasteiger partial charge in [0.1, 0.15) is 5.82 Å². The van der Waals surface area contributed by atoms with Crippen molar-refractivity contribution >= 4 is 34.6 Å². The van der Waals surface area contributed by atoms with Gasteiger partial charge in [-0.05, 0) is 75.9 Å². The molecular formula is C27H36F3N5S. The summed E-state index contributed by atoms with van der Waals surface area (Å²) in [6, 6.07) is 13.8. The van der Waals surface area contributed by atoms with Gasteiger partial charge in [-0.2, -0.15) is 18.2 Å². The van der Waals surface area contributed by atoms with E-state index in [1.165, 1.54) is 44.2 Å². The van der Waals surface area contributed by atoms with E-state index < -0.39 is 11.7 Å². The van der Waals surface area contributed by atoms with Gasteiger partial charge in [-0.1, -0.05) is 43.5 Å². The van der Waals surface area contributed by atoms with E-state index in [-0.39, 0.29) is 4.90 Å². The third-order valence-electron chi connectivity index (χ3n) is 6.32. The van der Waals surface area contributed by atoms with Gasteiger partial charge in [0, 0.05) is 29.9 Å². The van der Waals surface area contributed by atoms with E-state index in [9.17, 15) is 13.2 Å². The number of hydrogen-bond donors (Lipinski definition) is 2. The first-order valence-corrected chi connectivity index (χ1v) is 13.4. The number of hydrogen-bond acceptors (Lipinski definition) is 6. The summed E-state index contributed by atoms with van der Waals surface area (Å²) in [5, 5.41) is 4.64. The molecule has 5 nitrogen and oxygen atoms in total. The number of nitrogens with one attached hydrogen (secondary N) is 2. The molecule has 4 rings (SSSR count). The molecular weight excluding hydrogens is 483 g/mol. The zero-order chi connectivity index (χ0) is 26.0. The quantitative estimate of drug-likeness (QED) is 0.303. The fourth-order valence-corrected chi connectivity index (χ4v) is 5.09. The standard InChI is InChI=1S/C19H28N4.C8H8F3NS/c1-3-23(4-2)18-16-12-8-9-13-17(16)21-19(22-18)20-14-15-10-6-5-7-11-15;1-12-13-7-5-3-2-4-6(7)8(9,10)11/h8-9,12-13,15H,3-7,10-11,14H2,1-2H3,(H,20,21,22);2-5,12H,1H3. The van der Waals surface area contributed by atoms with Crippen LogP contribution in [0.15, 0.2) is 53.4 Å². The Labute approximate surface area is 216 Å². The largest absolute Gasteiger partial charge is 0.417 e. The molecule has 2 N–H and O–H groups in total. The van der Waals surface area contributed by atoms with Crippen LogP contribution in [0.2, 0.25) is 0 Å². The molecule has 196 valence electrons. The van der Waals surface area contributed by atoms with E-state index in [4.69, 9.17) is 9.97 Å². The van der Waals surface area contributed by atoms with Crippen molar-refractivity contribution in [1.29, 1.82) is 0 Å². The summed E-state index contributed by atoms with van der Waals surface area (Å²) in [4.78, 5) is 12.0. The highest BCUT2D eigenvalue weighted by molar-refractivity contribution is 7.97. The summed E-state index contributed by atoms with van der Waals surface area (Å²) in [6.45, 7) is 7.26. The lowest BCUT2D eigenvalue weighted by Crippen LogP contribution is -2.24. The first-order valence-electron chi connectivity index (χ1n) is 12.6. The molecule has 36 heavy (non-hydrogen) atoms. The molecule has 1 heterocycles. The average Bonchev–Trinajstić information content (AvgIpc) is 2.89. The summed E-state index contributed by atoms with van der Waals surface area (Å²) in [6.07, 6.45) is 2.54. The van der Waals surface area contributed by atoms with Crippen molar-refractivity contribution in [3.05, 3.63) is 54.1 Å². The van der Waals surface area contributed by atoms with Crippen LogP contribution in [0.25, 0.3) is 10.9 Å². The van der Waals surface area contributed by atoms with Gasteiger partial charge in [0.25, 0.3) is 0 Å². The molecule has 1 aromatic heterocycles. The summed E-state index contributed by atoms with van der Waals surface area (Å²) in [7, 11) is 1.58. The Morgan fingerprint density at radius 1 is 0.944 bits per heavy atom. The summed E-state index contributed by atoms with van der Waals surface area (Å²) in [5.41, 5.74) is 0.421. The van der Waals surface area contributed by atoms with Crippen LogP contribution in [0.5, 0.6) is 0 Å². The molecule has 2 aromatic carbocycles. The second-order valence-electron chi connectivity index (χ2n) is 8.75. The number of para-hydroxylation sites is 1. The molecule has 3 aromatic rings. The maximum Gasteiger partial charge on any atom is 0.417 e. The van der Waals surface area contributed by atoms with Crippen LogP contribution in [0, 0.1) is 5.92 Å². The third kappa shape index (κ3) is 7.74. The lowest BCUT2D eigenvalue weighted by atomic mass is 9.89. The van der Waals surface area contributed by atoms with Crippen molar-refractivity contribution in [3.8, 4) is 0 Å². The SMILES string of the molecule is CCN(CC)c1nc(NCC2CCCCC2)nc2ccccc12.CNSc1ccccc1C(F)(F)F. The fraction of sp³-hybridized carbons (Fsp3) is 0.481. The van der Waals surface area contributed by atoms with Crippen molar-refractivity contribution < 1.29 is 13.2 Å². The Kier molecular flexibility index (Phi) is 10.7. The van der Waals surface area contributed by atoms with Crippen LogP contribution in [0.3, 0.4) is 0 Å². The maximum atomic E-state index is 12.3. The van der Waals surface area contributed by atoms with Crippen LogP contribution in [0.4, 0.5) is 24.9 Å². The Hall–Kier alpha value is -2.52. The molecule has 1 aliphatic rings. The minimum absolute atomic E-state index is 0.192. The lowest BCUT2D eigenvalue weighted by Gasteiger charge is -2.24. The Bertz CT molecular complexity index is 1080. The fourth-order valence-electron chi connectivity index (χ4n) is 4.43. The Balaban J connectivity index is 0.000000236. The minimum atomic E-state index is -4.28. The zero-order valence-corrected chi connectivity index (χ0v) is 22.1. The van der Waals surface area contributed by atoms with Crippen LogP contribution in [-0.4, -0.2) is 36.6 Å². The van der Waals surface area contributed by atoms with Gasteiger partial charge in [0.2, 0.25) is 5.95 Å². The van der Waals surface area contributed by atoms with Crippen molar-refractivity contribution in [1.82, 2.24) is 14.7 Å². The normalized spacial score (nSPS) is 14.3. The van der Waals surface area contributed by atoms with Gasteiger partial charge in [-0.3, -0.25) is 4.72 Å². The molecule has 0 atom stereocenters. The first-order chi connectivity index (χ1) is 17.4. The molecule has 0 bridgehead atoms. The van der Waals surface area contributed by atoms with E-state index in [0.29, 0.717) is 0 Å². The number of nitrogens with zero attached hydrogens (tertiary/aromatic N) is 3. The van der Waals surface area contributed by atoms with E-state index >= 15 is 0 Å². The number of alkyl halides is 3. The first kappa shape index (κ1) is 28.1. The summed E-state index contributed by atoms with van der Waals surface area (Å²) < 4.78 is 39.6. The Morgan fingerprint density at radius 3 is 2.28 bits per heavy atom. The Morgan fingerprint density at radius 2 is 1.61 bits per heavy atom. The highest BCUT2D eigenvalue weighted by Gasteiger charge is 2.33. The molecule has 1 fully saturated rings. The van der Waals surface area contributed by atoms with Crippen molar-refractivity contribution in [2.75, 3.05) is 36.9 Å². The number of fused-ring (bicyclic) bond motifs is 1. The predicted molar refractivity (Wildman–Crippen MR) is 145 cm³/mol. The minimum Gasteiger partial charge on any atom is -0.356 e. The van der Waals surface area contributed by atoms with Crippen LogP contribution in [0.1, 0.15) is 51.5 Å². The topological polar surface area (TPSA) is 53.1 Å². The smallest absolute Gasteiger partial charge is 0.356 e. The highest BCUT2D eigenvalue weighted by atomic mass is 32.2. The maximum absolute atomic E-state index is 12.3. The van der Waals surface area contributed by atoms with Gasteiger partial charge in [-0.15, -0.1) is 0 Å². The molecule has 0 aliphatic heterocycles. The molecule has 9 heteroatoms. The monoisotopic (exact) mass is 519 g/mol. The number of rotatable bonds is 8.